The highest BCUT2D eigenvalue weighted by molar-refractivity contribution is 5.85. The van der Waals surface area contributed by atoms with E-state index in [1.807, 2.05) is 16.8 Å². The fraction of sp³-hybridized carbons (Fsp3) is 0.143. The molecular weight excluding hydrogens is 176 g/mol. The van der Waals surface area contributed by atoms with Crippen LogP contribution in [0, 0.1) is 0 Å². The first kappa shape index (κ1) is 8.96. The number of hydrogen-bond acceptors (Lipinski definition) is 3. The summed E-state index contributed by atoms with van der Waals surface area (Å²) < 4.78 is 1.90. The molecule has 2 aromatic heterocycles. The minimum Gasteiger partial charge on any atom is -0.325 e. The number of fused-ring (bicyclic) bond motifs is 1. The Balaban J connectivity index is 0.000000720. The van der Waals surface area contributed by atoms with Crippen LogP contribution in [0.1, 0.15) is 5.69 Å². The summed E-state index contributed by atoms with van der Waals surface area (Å²) in [7, 11) is 0. The average molecular weight is 185 g/mol. The minimum atomic E-state index is 0. The van der Waals surface area contributed by atoms with Gasteiger partial charge in [0.25, 0.3) is 0 Å². The van der Waals surface area contributed by atoms with Gasteiger partial charge in [-0.1, -0.05) is 0 Å². The van der Waals surface area contributed by atoms with Gasteiger partial charge in [0.15, 0.2) is 5.65 Å². The van der Waals surface area contributed by atoms with Crippen molar-refractivity contribution in [3.8, 4) is 0 Å². The molecule has 0 aliphatic carbocycles. The second-order valence-electron chi connectivity index (χ2n) is 2.28. The monoisotopic (exact) mass is 184 g/mol. The molecule has 0 unspecified atom stereocenters. The van der Waals surface area contributed by atoms with Gasteiger partial charge in [0, 0.05) is 25.1 Å². The van der Waals surface area contributed by atoms with Gasteiger partial charge in [-0.05, 0) is 0 Å². The normalized spacial score (nSPS) is 9.75. The third-order valence-corrected chi connectivity index (χ3v) is 1.52. The molecule has 12 heavy (non-hydrogen) atoms. The summed E-state index contributed by atoms with van der Waals surface area (Å²) in [5, 5.41) is 0. The predicted molar refractivity (Wildman–Crippen MR) is 48.1 cm³/mol. The average Bonchev–Trinajstić information content (AvgIpc) is 2.46. The summed E-state index contributed by atoms with van der Waals surface area (Å²) in [6.45, 7) is 0.474. The van der Waals surface area contributed by atoms with Crippen molar-refractivity contribution in [2.45, 2.75) is 6.54 Å². The predicted octanol–water partition coefficient (Wildman–Crippen LogP) is 0.610. The number of hydrogen-bond donors (Lipinski definition) is 1. The molecule has 0 amide bonds. The molecule has 0 atom stereocenters. The van der Waals surface area contributed by atoms with Crippen LogP contribution < -0.4 is 5.73 Å². The summed E-state index contributed by atoms with van der Waals surface area (Å²) in [4.78, 5) is 8.14. The lowest BCUT2D eigenvalue weighted by molar-refractivity contribution is 1.02. The van der Waals surface area contributed by atoms with Crippen LogP contribution >= 0.6 is 12.4 Å². The van der Waals surface area contributed by atoms with E-state index in [-0.39, 0.29) is 12.4 Å². The first-order valence-corrected chi connectivity index (χ1v) is 3.38. The van der Waals surface area contributed by atoms with E-state index in [2.05, 4.69) is 9.97 Å². The van der Waals surface area contributed by atoms with Crippen LogP contribution in [-0.2, 0) is 6.54 Å². The largest absolute Gasteiger partial charge is 0.325 e. The van der Waals surface area contributed by atoms with E-state index in [0.717, 1.165) is 11.3 Å². The zero-order chi connectivity index (χ0) is 7.68. The van der Waals surface area contributed by atoms with Crippen LogP contribution in [0.2, 0.25) is 0 Å². The zero-order valence-electron chi connectivity index (χ0n) is 6.34. The number of halogens is 1. The van der Waals surface area contributed by atoms with Gasteiger partial charge in [-0.15, -0.1) is 12.4 Å². The van der Waals surface area contributed by atoms with Crippen LogP contribution in [-0.4, -0.2) is 14.4 Å². The molecule has 2 aromatic rings. The van der Waals surface area contributed by atoms with Gasteiger partial charge in [0.05, 0.1) is 11.9 Å². The lowest BCUT2D eigenvalue weighted by Gasteiger charge is -1.86. The second-order valence-corrected chi connectivity index (χ2v) is 2.28. The highest BCUT2D eigenvalue weighted by Gasteiger charge is 1.96. The molecule has 64 valence electrons. The Morgan fingerprint density at radius 3 is 3.00 bits per heavy atom. The molecule has 2 rings (SSSR count). The van der Waals surface area contributed by atoms with Gasteiger partial charge in [-0.25, -0.2) is 4.98 Å². The molecule has 4 nitrogen and oxygen atoms in total. The van der Waals surface area contributed by atoms with E-state index in [4.69, 9.17) is 5.73 Å². The van der Waals surface area contributed by atoms with Crippen molar-refractivity contribution in [3.05, 3.63) is 30.5 Å². The molecule has 5 heteroatoms. The van der Waals surface area contributed by atoms with Crippen molar-refractivity contribution in [1.82, 2.24) is 14.4 Å². The van der Waals surface area contributed by atoms with E-state index in [9.17, 15) is 0 Å². The first-order valence-electron chi connectivity index (χ1n) is 3.38. The third-order valence-electron chi connectivity index (χ3n) is 1.52. The number of rotatable bonds is 1. The molecule has 0 radical (unpaired) electrons. The fourth-order valence-corrected chi connectivity index (χ4v) is 0.994. The minimum absolute atomic E-state index is 0. The van der Waals surface area contributed by atoms with E-state index < -0.39 is 0 Å². The number of imidazole rings is 1. The Kier molecular flexibility index (Phi) is 2.62. The molecule has 0 spiro atoms. The number of nitrogens with two attached hydrogens (primary N) is 1. The smallest absolute Gasteiger partial charge is 0.155 e. The molecule has 0 aliphatic heterocycles. The molecule has 0 saturated heterocycles. The van der Waals surface area contributed by atoms with Gasteiger partial charge >= 0.3 is 0 Å². The topological polar surface area (TPSA) is 56.2 Å². The molecule has 2 N–H and O–H groups in total. The molecule has 0 bridgehead atoms. The molecule has 0 saturated carbocycles. The summed E-state index contributed by atoms with van der Waals surface area (Å²) in [5.74, 6) is 0. The fourth-order valence-electron chi connectivity index (χ4n) is 0.994. The lowest BCUT2D eigenvalue weighted by Crippen LogP contribution is -1.95. The van der Waals surface area contributed by atoms with Crippen molar-refractivity contribution in [2.24, 2.45) is 5.73 Å². The van der Waals surface area contributed by atoms with E-state index in [1.54, 1.807) is 12.4 Å². The summed E-state index contributed by atoms with van der Waals surface area (Å²) in [6.07, 6.45) is 7.17. The number of aromatic nitrogens is 3. The Morgan fingerprint density at radius 2 is 2.33 bits per heavy atom. The van der Waals surface area contributed by atoms with Crippen LogP contribution in [0.25, 0.3) is 5.65 Å². The van der Waals surface area contributed by atoms with Crippen LogP contribution in [0.3, 0.4) is 0 Å². The summed E-state index contributed by atoms with van der Waals surface area (Å²) >= 11 is 0. The highest BCUT2D eigenvalue weighted by Crippen LogP contribution is 2.00. The van der Waals surface area contributed by atoms with Gasteiger partial charge in [-0.3, -0.25) is 4.98 Å². The van der Waals surface area contributed by atoms with Gasteiger partial charge in [-0.2, -0.15) is 0 Å². The Labute approximate surface area is 75.8 Å². The Morgan fingerprint density at radius 1 is 1.50 bits per heavy atom. The van der Waals surface area contributed by atoms with Crippen molar-refractivity contribution in [3.63, 3.8) is 0 Å². The Bertz CT molecular complexity index is 337. The van der Waals surface area contributed by atoms with E-state index in [1.165, 1.54) is 0 Å². The lowest BCUT2D eigenvalue weighted by atomic mass is 10.5. The molecule has 0 fully saturated rings. The van der Waals surface area contributed by atoms with Crippen LogP contribution in [0.4, 0.5) is 0 Å². The van der Waals surface area contributed by atoms with Crippen molar-refractivity contribution >= 4 is 18.1 Å². The SMILES string of the molecule is Cl.NCc1cn2ccncc2n1. The maximum Gasteiger partial charge on any atom is 0.155 e. The van der Waals surface area contributed by atoms with Crippen molar-refractivity contribution in [1.29, 1.82) is 0 Å². The summed E-state index contributed by atoms with van der Waals surface area (Å²) in [5.41, 5.74) is 7.15. The molecule has 0 aromatic carbocycles. The van der Waals surface area contributed by atoms with Gasteiger partial charge in [0.2, 0.25) is 0 Å². The third kappa shape index (κ3) is 1.39. The van der Waals surface area contributed by atoms with Gasteiger partial charge < -0.3 is 10.1 Å². The van der Waals surface area contributed by atoms with Gasteiger partial charge in [0.1, 0.15) is 0 Å². The molecule has 0 aliphatic rings. The maximum atomic E-state index is 5.42. The highest BCUT2D eigenvalue weighted by atomic mass is 35.5. The van der Waals surface area contributed by atoms with E-state index in [0.29, 0.717) is 6.54 Å². The molecule has 2 heterocycles. The van der Waals surface area contributed by atoms with Crippen molar-refractivity contribution in [2.75, 3.05) is 0 Å². The first-order chi connectivity index (χ1) is 5.40. The van der Waals surface area contributed by atoms with E-state index >= 15 is 0 Å². The summed E-state index contributed by atoms with van der Waals surface area (Å²) in [6, 6.07) is 0. The Hall–Kier alpha value is -1.13. The second kappa shape index (κ2) is 3.51. The quantitative estimate of drug-likeness (QED) is 0.707. The molecular formula is C7H9ClN4. The maximum absolute atomic E-state index is 5.42. The van der Waals surface area contributed by atoms with Crippen LogP contribution in [0.5, 0.6) is 0 Å². The number of nitrogens with zero attached hydrogens (tertiary/aromatic N) is 3. The van der Waals surface area contributed by atoms with Crippen molar-refractivity contribution < 1.29 is 0 Å². The van der Waals surface area contributed by atoms with Crippen LogP contribution in [0.15, 0.2) is 24.8 Å². The standard InChI is InChI=1S/C7H8N4.ClH/c8-3-6-5-11-2-1-9-4-7(11)10-6;/h1-2,4-5H,3,8H2;1H. The zero-order valence-corrected chi connectivity index (χ0v) is 7.16.